The molecule has 16 heavy (non-hydrogen) atoms. The van der Waals surface area contributed by atoms with Gasteiger partial charge in [-0.1, -0.05) is 6.92 Å². The molecule has 0 aliphatic carbocycles. The molecule has 0 saturated carbocycles. The van der Waals surface area contributed by atoms with E-state index in [-0.39, 0.29) is 0 Å². The third-order valence-corrected chi connectivity index (χ3v) is 3.17. The summed E-state index contributed by atoms with van der Waals surface area (Å²) >= 11 is 0. The lowest BCUT2D eigenvalue weighted by molar-refractivity contribution is 0.199. The Bertz CT molecular complexity index is 293. The predicted molar refractivity (Wildman–Crippen MR) is 65.4 cm³/mol. The van der Waals surface area contributed by atoms with Gasteiger partial charge in [0.25, 0.3) is 0 Å². The molecule has 2 heterocycles. The Hall–Kier alpha value is -1.16. The van der Waals surface area contributed by atoms with Gasteiger partial charge in [0.2, 0.25) is 0 Å². The predicted octanol–water partition coefficient (Wildman–Crippen LogP) is 1.62. The third kappa shape index (κ3) is 3.45. The number of piperidine rings is 1. The highest BCUT2D eigenvalue weighted by Gasteiger charge is 2.14. The Morgan fingerprint density at radius 2 is 2.19 bits per heavy atom. The molecular formula is C12H20N4. The fourth-order valence-corrected chi connectivity index (χ4v) is 2.02. The lowest BCUT2D eigenvalue weighted by Crippen LogP contribution is -2.36. The summed E-state index contributed by atoms with van der Waals surface area (Å²) in [5.41, 5.74) is 0. The lowest BCUT2D eigenvalue weighted by Gasteiger charge is -2.30. The summed E-state index contributed by atoms with van der Waals surface area (Å²) < 4.78 is 0. The number of hydrogen-bond donors (Lipinski definition) is 1. The number of hydrogen-bond acceptors (Lipinski definition) is 4. The van der Waals surface area contributed by atoms with Crippen molar-refractivity contribution in [2.75, 3.05) is 31.5 Å². The molecule has 1 N–H and O–H groups in total. The van der Waals surface area contributed by atoms with E-state index in [0.717, 1.165) is 24.8 Å². The average molecular weight is 220 g/mol. The monoisotopic (exact) mass is 220 g/mol. The van der Waals surface area contributed by atoms with Crippen molar-refractivity contribution in [3.05, 3.63) is 18.6 Å². The summed E-state index contributed by atoms with van der Waals surface area (Å²) in [5.74, 6) is 1.78. The molecule has 0 amide bonds. The first-order valence-corrected chi connectivity index (χ1v) is 6.07. The summed E-state index contributed by atoms with van der Waals surface area (Å²) in [6.45, 7) is 6.87. The summed E-state index contributed by atoms with van der Waals surface area (Å²) in [6.07, 6.45) is 7.84. The van der Waals surface area contributed by atoms with Gasteiger partial charge in [0.05, 0.1) is 6.20 Å². The molecule has 4 heteroatoms. The lowest BCUT2D eigenvalue weighted by atomic mass is 9.99. The molecule has 4 nitrogen and oxygen atoms in total. The van der Waals surface area contributed by atoms with E-state index in [0.29, 0.717) is 0 Å². The highest BCUT2D eigenvalue weighted by molar-refractivity contribution is 5.29. The van der Waals surface area contributed by atoms with Crippen LogP contribution in [0.25, 0.3) is 0 Å². The number of likely N-dealkylation sites (tertiary alicyclic amines) is 1. The van der Waals surface area contributed by atoms with Gasteiger partial charge in [-0.3, -0.25) is 4.98 Å². The molecule has 88 valence electrons. The molecule has 1 aliphatic rings. The van der Waals surface area contributed by atoms with Gasteiger partial charge in [0, 0.05) is 25.5 Å². The van der Waals surface area contributed by atoms with Crippen molar-refractivity contribution in [1.82, 2.24) is 14.9 Å². The van der Waals surface area contributed by atoms with Crippen LogP contribution in [0.3, 0.4) is 0 Å². The fraction of sp³-hybridized carbons (Fsp3) is 0.667. The van der Waals surface area contributed by atoms with Crippen LogP contribution in [0.1, 0.15) is 19.8 Å². The van der Waals surface area contributed by atoms with Gasteiger partial charge in [0.1, 0.15) is 5.82 Å². The summed E-state index contributed by atoms with van der Waals surface area (Å²) in [5, 5.41) is 3.29. The molecule has 1 aromatic rings. The number of nitrogens with zero attached hydrogens (tertiary/aromatic N) is 3. The summed E-state index contributed by atoms with van der Waals surface area (Å²) in [7, 11) is 0. The number of rotatable bonds is 4. The van der Waals surface area contributed by atoms with Gasteiger partial charge < -0.3 is 10.2 Å². The summed E-state index contributed by atoms with van der Waals surface area (Å²) in [6, 6.07) is 0. The Kier molecular flexibility index (Phi) is 4.10. The highest BCUT2D eigenvalue weighted by Crippen LogP contribution is 2.15. The maximum absolute atomic E-state index is 4.18. The first kappa shape index (κ1) is 11.3. The van der Waals surface area contributed by atoms with Crippen LogP contribution in [0.5, 0.6) is 0 Å². The van der Waals surface area contributed by atoms with Crippen molar-refractivity contribution < 1.29 is 0 Å². The molecule has 0 bridgehead atoms. The van der Waals surface area contributed by atoms with Gasteiger partial charge in [-0.25, -0.2) is 4.98 Å². The molecule has 0 spiro atoms. The van der Waals surface area contributed by atoms with Crippen molar-refractivity contribution in [2.45, 2.75) is 19.8 Å². The number of anilines is 1. The molecule has 0 atom stereocenters. The Labute approximate surface area is 97.1 Å². The van der Waals surface area contributed by atoms with Crippen LogP contribution >= 0.6 is 0 Å². The second-order valence-electron chi connectivity index (χ2n) is 4.54. The molecule has 2 rings (SSSR count). The second-order valence-corrected chi connectivity index (χ2v) is 4.54. The van der Waals surface area contributed by atoms with Gasteiger partial charge >= 0.3 is 0 Å². The zero-order valence-corrected chi connectivity index (χ0v) is 9.89. The van der Waals surface area contributed by atoms with Crippen LogP contribution in [-0.2, 0) is 0 Å². The van der Waals surface area contributed by atoms with Gasteiger partial charge in [-0.15, -0.1) is 0 Å². The third-order valence-electron chi connectivity index (χ3n) is 3.17. The Balaban J connectivity index is 1.65. The Morgan fingerprint density at radius 3 is 2.88 bits per heavy atom. The largest absolute Gasteiger partial charge is 0.368 e. The quantitative estimate of drug-likeness (QED) is 0.837. The van der Waals surface area contributed by atoms with Gasteiger partial charge in [-0.2, -0.15) is 0 Å². The molecular weight excluding hydrogens is 200 g/mol. The van der Waals surface area contributed by atoms with E-state index < -0.39 is 0 Å². The number of aromatic nitrogens is 2. The zero-order chi connectivity index (χ0) is 11.2. The van der Waals surface area contributed by atoms with Crippen molar-refractivity contribution >= 4 is 5.82 Å². The molecule has 1 fully saturated rings. The van der Waals surface area contributed by atoms with Crippen molar-refractivity contribution in [3.8, 4) is 0 Å². The SMILES string of the molecule is CC1CCN(CCNc2cnccn2)CC1. The van der Waals surface area contributed by atoms with Crippen LogP contribution in [-0.4, -0.2) is 41.0 Å². The van der Waals surface area contributed by atoms with E-state index in [4.69, 9.17) is 0 Å². The topological polar surface area (TPSA) is 41.0 Å². The molecule has 1 aromatic heterocycles. The van der Waals surface area contributed by atoms with E-state index in [2.05, 4.69) is 27.1 Å². The molecule has 0 aromatic carbocycles. The first-order valence-electron chi connectivity index (χ1n) is 6.07. The first-order chi connectivity index (χ1) is 7.84. The van der Waals surface area contributed by atoms with E-state index in [1.807, 2.05) is 0 Å². The number of nitrogens with one attached hydrogen (secondary N) is 1. The smallest absolute Gasteiger partial charge is 0.144 e. The van der Waals surface area contributed by atoms with E-state index in [1.54, 1.807) is 18.6 Å². The summed E-state index contributed by atoms with van der Waals surface area (Å²) in [4.78, 5) is 10.7. The Morgan fingerprint density at radius 1 is 1.38 bits per heavy atom. The standard InChI is InChI=1S/C12H20N4/c1-11-2-7-16(8-3-11)9-6-15-12-10-13-4-5-14-12/h4-5,10-11H,2-3,6-9H2,1H3,(H,14,15). The molecule has 1 saturated heterocycles. The van der Waals surface area contributed by atoms with Crippen LogP contribution < -0.4 is 5.32 Å². The molecule has 1 aliphatic heterocycles. The maximum Gasteiger partial charge on any atom is 0.144 e. The minimum atomic E-state index is 0.868. The van der Waals surface area contributed by atoms with Gasteiger partial charge in [0.15, 0.2) is 0 Å². The highest BCUT2D eigenvalue weighted by atomic mass is 15.1. The fourth-order valence-electron chi connectivity index (χ4n) is 2.02. The van der Waals surface area contributed by atoms with Crippen molar-refractivity contribution in [1.29, 1.82) is 0 Å². The molecule has 0 unspecified atom stereocenters. The minimum Gasteiger partial charge on any atom is -0.368 e. The average Bonchev–Trinajstić information content (AvgIpc) is 2.33. The zero-order valence-electron chi connectivity index (χ0n) is 9.89. The van der Waals surface area contributed by atoms with E-state index >= 15 is 0 Å². The van der Waals surface area contributed by atoms with Crippen LogP contribution in [0.15, 0.2) is 18.6 Å². The maximum atomic E-state index is 4.18. The normalized spacial score (nSPS) is 18.6. The van der Waals surface area contributed by atoms with Crippen LogP contribution in [0, 0.1) is 5.92 Å². The second kappa shape index (κ2) is 5.80. The molecule has 0 radical (unpaired) electrons. The van der Waals surface area contributed by atoms with Crippen LogP contribution in [0.4, 0.5) is 5.82 Å². The minimum absolute atomic E-state index is 0.868. The van der Waals surface area contributed by atoms with Crippen molar-refractivity contribution in [2.24, 2.45) is 5.92 Å². The van der Waals surface area contributed by atoms with E-state index in [9.17, 15) is 0 Å². The van der Waals surface area contributed by atoms with Gasteiger partial charge in [-0.05, 0) is 31.8 Å². The van der Waals surface area contributed by atoms with Crippen molar-refractivity contribution in [3.63, 3.8) is 0 Å². The van der Waals surface area contributed by atoms with E-state index in [1.165, 1.54) is 25.9 Å². The van der Waals surface area contributed by atoms with Crippen LogP contribution in [0.2, 0.25) is 0 Å².